The van der Waals surface area contributed by atoms with Crippen molar-refractivity contribution in [3.8, 4) is 17.1 Å². The SMILES string of the molecule is COc1cccc(C(=O)N2CCC(c3nc(-c4cccc(C)c4)no3)CC2)c1. The number of carbonyl (C=O) groups is 1. The van der Waals surface area contributed by atoms with Crippen LogP contribution in [0.1, 0.15) is 40.6 Å². The van der Waals surface area contributed by atoms with Crippen molar-refractivity contribution in [2.75, 3.05) is 20.2 Å². The molecule has 0 unspecified atom stereocenters. The number of rotatable bonds is 4. The van der Waals surface area contributed by atoms with Crippen LogP contribution >= 0.6 is 0 Å². The minimum atomic E-state index is 0.0309. The van der Waals surface area contributed by atoms with E-state index in [4.69, 9.17) is 9.26 Å². The van der Waals surface area contributed by atoms with Crippen molar-refractivity contribution >= 4 is 5.91 Å². The maximum atomic E-state index is 12.8. The van der Waals surface area contributed by atoms with Gasteiger partial charge in [0.2, 0.25) is 11.7 Å². The van der Waals surface area contributed by atoms with Crippen LogP contribution in [0.5, 0.6) is 5.75 Å². The molecular weight excluding hydrogens is 354 g/mol. The lowest BCUT2D eigenvalue weighted by Gasteiger charge is -2.30. The van der Waals surface area contributed by atoms with Gasteiger partial charge in [-0.3, -0.25) is 4.79 Å². The van der Waals surface area contributed by atoms with E-state index in [2.05, 4.69) is 10.1 Å². The maximum absolute atomic E-state index is 12.8. The third-order valence-electron chi connectivity index (χ3n) is 5.17. The van der Waals surface area contributed by atoms with E-state index in [-0.39, 0.29) is 11.8 Å². The zero-order valence-corrected chi connectivity index (χ0v) is 16.1. The number of benzene rings is 2. The third kappa shape index (κ3) is 3.76. The first-order chi connectivity index (χ1) is 13.6. The van der Waals surface area contributed by atoms with Crippen LogP contribution in [-0.2, 0) is 0 Å². The minimum Gasteiger partial charge on any atom is -0.497 e. The summed E-state index contributed by atoms with van der Waals surface area (Å²) in [6.45, 7) is 3.38. The van der Waals surface area contributed by atoms with Crippen LogP contribution in [0.25, 0.3) is 11.4 Å². The molecule has 0 N–H and O–H groups in total. The first-order valence-corrected chi connectivity index (χ1v) is 9.48. The summed E-state index contributed by atoms with van der Waals surface area (Å²) in [4.78, 5) is 19.2. The van der Waals surface area contributed by atoms with E-state index >= 15 is 0 Å². The van der Waals surface area contributed by atoms with Gasteiger partial charge in [0.1, 0.15) is 5.75 Å². The van der Waals surface area contributed by atoms with Crippen molar-refractivity contribution in [3.05, 3.63) is 65.5 Å². The lowest BCUT2D eigenvalue weighted by atomic mass is 9.96. The minimum absolute atomic E-state index is 0.0309. The van der Waals surface area contributed by atoms with Crippen molar-refractivity contribution in [1.82, 2.24) is 15.0 Å². The van der Waals surface area contributed by atoms with Crippen LogP contribution in [-0.4, -0.2) is 41.1 Å². The predicted octanol–water partition coefficient (Wildman–Crippen LogP) is 4.07. The monoisotopic (exact) mass is 377 g/mol. The van der Waals surface area contributed by atoms with E-state index in [1.807, 2.05) is 54.3 Å². The maximum Gasteiger partial charge on any atom is 0.253 e. The summed E-state index contributed by atoms with van der Waals surface area (Å²) in [5, 5.41) is 4.14. The summed E-state index contributed by atoms with van der Waals surface area (Å²) < 4.78 is 10.7. The first kappa shape index (κ1) is 18.2. The fraction of sp³-hybridized carbons (Fsp3) is 0.318. The van der Waals surface area contributed by atoms with Gasteiger partial charge in [0.25, 0.3) is 5.91 Å². The van der Waals surface area contributed by atoms with Gasteiger partial charge in [-0.25, -0.2) is 0 Å². The predicted molar refractivity (Wildman–Crippen MR) is 105 cm³/mol. The van der Waals surface area contributed by atoms with Gasteiger partial charge in [0.15, 0.2) is 0 Å². The highest BCUT2D eigenvalue weighted by molar-refractivity contribution is 5.94. The average molecular weight is 377 g/mol. The molecule has 0 atom stereocenters. The van der Waals surface area contributed by atoms with Crippen LogP contribution < -0.4 is 4.74 Å². The molecule has 2 aromatic carbocycles. The van der Waals surface area contributed by atoms with E-state index in [0.29, 0.717) is 36.1 Å². The standard InChI is InChI=1S/C22H23N3O3/c1-15-5-3-6-17(13-15)20-23-21(28-24-20)16-9-11-25(12-10-16)22(26)18-7-4-8-19(14-18)27-2/h3-8,13-14,16H,9-12H2,1-2H3. The second-order valence-corrected chi connectivity index (χ2v) is 7.12. The summed E-state index contributed by atoms with van der Waals surface area (Å²) in [6, 6.07) is 15.3. The number of nitrogens with zero attached hydrogens (tertiary/aromatic N) is 3. The number of methoxy groups -OCH3 is 1. The number of hydrogen-bond acceptors (Lipinski definition) is 5. The van der Waals surface area contributed by atoms with Crippen LogP contribution in [0.2, 0.25) is 0 Å². The molecule has 2 heterocycles. The third-order valence-corrected chi connectivity index (χ3v) is 5.17. The number of amides is 1. The molecular formula is C22H23N3O3. The Labute approximate surface area is 164 Å². The molecule has 1 aliphatic rings. The molecule has 0 radical (unpaired) electrons. The summed E-state index contributed by atoms with van der Waals surface area (Å²) in [5.41, 5.74) is 2.77. The molecule has 0 saturated carbocycles. The second-order valence-electron chi connectivity index (χ2n) is 7.12. The highest BCUT2D eigenvalue weighted by Gasteiger charge is 2.28. The van der Waals surface area contributed by atoms with Gasteiger partial charge >= 0.3 is 0 Å². The summed E-state index contributed by atoms with van der Waals surface area (Å²) in [7, 11) is 1.60. The van der Waals surface area contributed by atoms with Crippen LogP contribution in [0.15, 0.2) is 53.1 Å². The molecule has 28 heavy (non-hydrogen) atoms. The average Bonchev–Trinajstić information content (AvgIpc) is 3.24. The molecule has 6 heteroatoms. The number of aryl methyl sites for hydroxylation is 1. The Morgan fingerprint density at radius 3 is 2.68 bits per heavy atom. The van der Waals surface area contributed by atoms with Gasteiger partial charge in [-0.2, -0.15) is 4.98 Å². The molecule has 1 fully saturated rings. The van der Waals surface area contributed by atoms with Crippen molar-refractivity contribution in [1.29, 1.82) is 0 Å². The Balaban J connectivity index is 1.41. The second kappa shape index (κ2) is 7.84. The van der Waals surface area contributed by atoms with E-state index < -0.39 is 0 Å². The first-order valence-electron chi connectivity index (χ1n) is 9.48. The van der Waals surface area contributed by atoms with Gasteiger partial charge in [-0.15, -0.1) is 0 Å². The van der Waals surface area contributed by atoms with E-state index in [9.17, 15) is 4.79 Å². The summed E-state index contributed by atoms with van der Waals surface area (Å²) >= 11 is 0. The fourth-order valence-electron chi connectivity index (χ4n) is 3.57. The van der Waals surface area contributed by atoms with Gasteiger partial charge < -0.3 is 14.2 Å². The topological polar surface area (TPSA) is 68.5 Å². The Hall–Kier alpha value is -3.15. The van der Waals surface area contributed by atoms with Gasteiger partial charge in [0.05, 0.1) is 7.11 Å². The summed E-state index contributed by atoms with van der Waals surface area (Å²) in [5.74, 6) is 2.18. The van der Waals surface area contributed by atoms with Gasteiger partial charge in [-0.1, -0.05) is 35.0 Å². The quantitative estimate of drug-likeness (QED) is 0.685. The normalized spacial score (nSPS) is 14.9. The van der Waals surface area contributed by atoms with Crippen molar-refractivity contribution in [3.63, 3.8) is 0 Å². The van der Waals surface area contributed by atoms with Crippen molar-refractivity contribution in [2.24, 2.45) is 0 Å². The molecule has 1 saturated heterocycles. The highest BCUT2D eigenvalue weighted by Crippen LogP contribution is 2.29. The highest BCUT2D eigenvalue weighted by atomic mass is 16.5. The molecule has 1 aliphatic heterocycles. The Morgan fingerprint density at radius 2 is 1.93 bits per heavy atom. The fourth-order valence-corrected chi connectivity index (χ4v) is 3.57. The zero-order valence-electron chi connectivity index (χ0n) is 16.1. The molecule has 1 aromatic heterocycles. The largest absolute Gasteiger partial charge is 0.497 e. The molecule has 3 aromatic rings. The number of carbonyl (C=O) groups excluding carboxylic acids is 1. The Kier molecular flexibility index (Phi) is 5.10. The molecule has 0 bridgehead atoms. The molecule has 1 amide bonds. The number of hydrogen-bond donors (Lipinski definition) is 0. The Morgan fingerprint density at radius 1 is 1.14 bits per heavy atom. The van der Waals surface area contributed by atoms with Crippen molar-refractivity contribution in [2.45, 2.75) is 25.7 Å². The van der Waals surface area contributed by atoms with Gasteiger partial charge in [0, 0.05) is 30.1 Å². The molecule has 0 aliphatic carbocycles. The number of likely N-dealkylation sites (tertiary alicyclic amines) is 1. The van der Waals surface area contributed by atoms with Crippen molar-refractivity contribution < 1.29 is 14.1 Å². The Bertz CT molecular complexity index is 974. The molecule has 0 spiro atoms. The van der Waals surface area contributed by atoms with E-state index in [1.54, 1.807) is 13.2 Å². The van der Waals surface area contributed by atoms with Crippen LogP contribution in [0.3, 0.4) is 0 Å². The van der Waals surface area contributed by atoms with E-state index in [0.717, 1.165) is 24.0 Å². The molecule has 4 rings (SSSR count). The number of piperidine rings is 1. The number of aromatic nitrogens is 2. The van der Waals surface area contributed by atoms with Crippen LogP contribution in [0, 0.1) is 6.92 Å². The number of ether oxygens (including phenoxy) is 1. The summed E-state index contributed by atoms with van der Waals surface area (Å²) in [6.07, 6.45) is 1.62. The zero-order chi connectivity index (χ0) is 19.5. The molecule has 6 nitrogen and oxygen atoms in total. The lowest BCUT2D eigenvalue weighted by Crippen LogP contribution is -2.38. The van der Waals surface area contributed by atoms with Crippen LogP contribution in [0.4, 0.5) is 0 Å². The molecule has 144 valence electrons. The van der Waals surface area contributed by atoms with E-state index in [1.165, 1.54) is 0 Å². The van der Waals surface area contributed by atoms with Gasteiger partial charge in [-0.05, 0) is 44.0 Å². The smallest absolute Gasteiger partial charge is 0.253 e. The lowest BCUT2D eigenvalue weighted by molar-refractivity contribution is 0.0704.